The van der Waals surface area contributed by atoms with Crippen LogP contribution in [0.5, 0.6) is 0 Å². The maximum absolute atomic E-state index is 11.8. The Morgan fingerprint density at radius 2 is 2.06 bits per heavy atom. The molecule has 0 aliphatic carbocycles. The summed E-state index contributed by atoms with van der Waals surface area (Å²) in [5.74, 6) is 0.0947. The highest BCUT2D eigenvalue weighted by Gasteiger charge is 2.25. The molecule has 3 N–H and O–H groups in total. The lowest BCUT2D eigenvalue weighted by molar-refractivity contribution is 0.0939. The molecule has 17 heavy (non-hydrogen) atoms. The minimum Gasteiger partial charge on any atom is -0.397 e. The Labute approximate surface area is 104 Å². The number of thiophene rings is 1. The molecule has 1 fully saturated rings. The van der Waals surface area contributed by atoms with E-state index in [1.165, 1.54) is 11.3 Å². The van der Waals surface area contributed by atoms with E-state index in [9.17, 15) is 13.2 Å². The largest absolute Gasteiger partial charge is 0.397 e. The van der Waals surface area contributed by atoms with Crippen LogP contribution in [0.25, 0.3) is 0 Å². The van der Waals surface area contributed by atoms with Crippen molar-refractivity contribution < 1.29 is 13.2 Å². The van der Waals surface area contributed by atoms with E-state index in [0.717, 1.165) is 0 Å². The summed E-state index contributed by atoms with van der Waals surface area (Å²) in [5.41, 5.74) is 6.11. The average molecular weight is 274 g/mol. The Bertz CT molecular complexity index is 507. The van der Waals surface area contributed by atoms with Gasteiger partial charge in [-0.15, -0.1) is 11.3 Å². The second-order valence-electron chi connectivity index (χ2n) is 4.10. The third-order valence-electron chi connectivity index (χ3n) is 2.79. The van der Waals surface area contributed by atoms with Gasteiger partial charge in [-0.2, -0.15) is 0 Å². The van der Waals surface area contributed by atoms with Crippen molar-refractivity contribution in [2.24, 2.45) is 0 Å². The number of carbonyl (C=O) groups is 1. The second-order valence-corrected chi connectivity index (χ2v) is 7.32. The number of nitrogens with one attached hydrogen (secondary N) is 1. The van der Waals surface area contributed by atoms with Crippen LogP contribution in [-0.2, 0) is 9.84 Å². The SMILES string of the molecule is Nc1ccsc1C(=O)NC1CCS(=O)(=O)CC1. The molecule has 0 radical (unpaired) electrons. The van der Waals surface area contributed by atoms with Gasteiger partial charge in [-0.25, -0.2) is 8.42 Å². The van der Waals surface area contributed by atoms with Crippen molar-refractivity contribution in [3.8, 4) is 0 Å². The lowest BCUT2D eigenvalue weighted by Gasteiger charge is -2.22. The van der Waals surface area contributed by atoms with E-state index in [-0.39, 0.29) is 23.5 Å². The number of amides is 1. The molecule has 0 saturated carbocycles. The first-order valence-corrected chi connectivity index (χ1v) is 8.02. The van der Waals surface area contributed by atoms with Gasteiger partial charge in [0.15, 0.2) is 0 Å². The molecule has 1 aliphatic rings. The van der Waals surface area contributed by atoms with Gasteiger partial charge in [0.05, 0.1) is 17.2 Å². The monoisotopic (exact) mass is 274 g/mol. The summed E-state index contributed by atoms with van der Waals surface area (Å²) in [7, 11) is -2.89. The van der Waals surface area contributed by atoms with Gasteiger partial charge in [0.1, 0.15) is 14.7 Å². The zero-order chi connectivity index (χ0) is 12.5. The fraction of sp³-hybridized carbons (Fsp3) is 0.500. The molecule has 2 rings (SSSR count). The number of sulfone groups is 1. The van der Waals surface area contributed by atoms with Gasteiger partial charge in [-0.3, -0.25) is 4.79 Å². The van der Waals surface area contributed by atoms with E-state index < -0.39 is 9.84 Å². The van der Waals surface area contributed by atoms with E-state index in [2.05, 4.69) is 5.32 Å². The lowest BCUT2D eigenvalue weighted by atomic mass is 10.1. The second kappa shape index (κ2) is 4.66. The maximum atomic E-state index is 11.8. The smallest absolute Gasteiger partial charge is 0.263 e. The number of nitrogen functional groups attached to an aromatic ring is 1. The van der Waals surface area contributed by atoms with Crippen molar-refractivity contribution in [2.75, 3.05) is 17.2 Å². The number of hydrogen-bond donors (Lipinski definition) is 2. The quantitative estimate of drug-likeness (QED) is 0.828. The molecule has 94 valence electrons. The first-order chi connectivity index (χ1) is 7.98. The number of carbonyl (C=O) groups excluding carboxylic acids is 1. The van der Waals surface area contributed by atoms with Crippen LogP contribution < -0.4 is 11.1 Å². The van der Waals surface area contributed by atoms with E-state index >= 15 is 0 Å². The normalized spacial score (nSPS) is 20.0. The van der Waals surface area contributed by atoms with Gasteiger partial charge in [0.2, 0.25) is 0 Å². The highest BCUT2D eigenvalue weighted by atomic mass is 32.2. The minimum atomic E-state index is -2.89. The zero-order valence-electron chi connectivity index (χ0n) is 9.18. The molecule has 7 heteroatoms. The highest BCUT2D eigenvalue weighted by Crippen LogP contribution is 2.20. The molecule has 0 unspecified atom stereocenters. The van der Waals surface area contributed by atoms with Crippen LogP contribution in [0.1, 0.15) is 22.5 Å². The minimum absolute atomic E-state index is 0.0625. The van der Waals surface area contributed by atoms with Crippen molar-refractivity contribution in [2.45, 2.75) is 18.9 Å². The third kappa shape index (κ3) is 2.98. The summed E-state index contributed by atoms with van der Waals surface area (Å²) in [6.07, 6.45) is 0.971. The highest BCUT2D eigenvalue weighted by molar-refractivity contribution is 7.91. The van der Waals surface area contributed by atoms with Gasteiger partial charge < -0.3 is 11.1 Å². The van der Waals surface area contributed by atoms with Crippen LogP contribution >= 0.6 is 11.3 Å². The van der Waals surface area contributed by atoms with Crippen molar-refractivity contribution >= 4 is 32.8 Å². The lowest BCUT2D eigenvalue weighted by Crippen LogP contribution is -2.40. The van der Waals surface area contributed by atoms with Gasteiger partial charge in [0.25, 0.3) is 5.91 Å². The van der Waals surface area contributed by atoms with Gasteiger partial charge >= 0.3 is 0 Å². The predicted molar refractivity (Wildman–Crippen MR) is 67.9 cm³/mol. The Kier molecular flexibility index (Phi) is 3.39. The molecular formula is C10H14N2O3S2. The zero-order valence-corrected chi connectivity index (χ0v) is 10.8. The average Bonchev–Trinajstić information content (AvgIpc) is 2.68. The Morgan fingerprint density at radius 3 is 2.59 bits per heavy atom. The van der Waals surface area contributed by atoms with Crippen molar-refractivity contribution in [3.63, 3.8) is 0 Å². The van der Waals surface area contributed by atoms with Crippen LogP contribution in [-0.4, -0.2) is 31.9 Å². The summed E-state index contributed by atoms with van der Waals surface area (Å²) in [4.78, 5) is 12.3. The van der Waals surface area contributed by atoms with Crippen LogP contribution in [0.3, 0.4) is 0 Å². The van der Waals surface area contributed by atoms with Crippen LogP contribution in [0.15, 0.2) is 11.4 Å². The van der Waals surface area contributed by atoms with Gasteiger partial charge in [0, 0.05) is 6.04 Å². The van der Waals surface area contributed by atoms with Crippen LogP contribution in [0, 0.1) is 0 Å². The van der Waals surface area contributed by atoms with E-state index in [1.54, 1.807) is 11.4 Å². The summed E-state index contributed by atoms with van der Waals surface area (Å²) in [6, 6.07) is 1.62. The molecular weight excluding hydrogens is 260 g/mol. The van der Waals surface area contributed by atoms with Crippen molar-refractivity contribution in [1.82, 2.24) is 5.32 Å². The number of nitrogens with two attached hydrogens (primary N) is 1. The van der Waals surface area contributed by atoms with E-state index in [1.807, 2.05) is 0 Å². The number of anilines is 1. The molecule has 1 aromatic heterocycles. The molecule has 1 aromatic rings. The van der Waals surface area contributed by atoms with E-state index in [4.69, 9.17) is 5.73 Å². The maximum Gasteiger partial charge on any atom is 0.263 e. The summed E-state index contributed by atoms with van der Waals surface area (Å²) < 4.78 is 22.5. The molecule has 2 heterocycles. The topological polar surface area (TPSA) is 89.3 Å². The van der Waals surface area contributed by atoms with E-state index in [0.29, 0.717) is 23.4 Å². The summed E-state index contributed by atoms with van der Waals surface area (Å²) >= 11 is 1.29. The Hall–Kier alpha value is -1.08. The van der Waals surface area contributed by atoms with Crippen molar-refractivity contribution in [1.29, 1.82) is 0 Å². The molecule has 1 aliphatic heterocycles. The molecule has 0 aromatic carbocycles. The summed E-state index contributed by atoms with van der Waals surface area (Å²) in [6.45, 7) is 0. The Balaban J connectivity index is 1.95. The molecule has 1 amide bonds. The Morgan fingerprint density at radius 1 is 1.41 bits per heavy atom. The fourth-order valence-corrected chi connectivity index (χ4v) is 4.00. The summed E-state index contributed by atoms with van der Waals surface area (Å²) in [5, 5.41) is 4.59. The van der Waals surface area contributed by atoms with Crippen molar-refractivity contribution in [3.05, 3.63) is 16.3 Å². The molecule has 0 spiro atoms. The third-order valence-corrected chi connectivity index (χ3v) is 5.44. The molecule has 0 atom stereocenters. The standard InChI is InChI=1S/C10H14N2O3S2/c11-8-1-4-16-9(8)10(13)12-7-2-5-17(14,15)6-3-7/h1,4,7H,2-3,5-6,11H2,(H,12,13). The molecule has 5 nitrogen and oxygen atoms in total. The predicted octanol–water partition coefficient (Wildman–Crippen LogP) is 0.637. The first kappa shape index (κ1) is 12.4. The van der Waals surface area contributed by atoms with Crippen LogP contribution in [0.4, 0.5) is 5.69 Å². The fourth-order valence-electron chi connectivity index (χ4n) is 1.79. The van der Waals surface area contributed by atoms with Gasteiger partial charge in [-0.05, 0) is 24.3 Å². The number of hydrogen-bond acceptors (Lipinski definition) is 5. The van der Waals surface area contributed by atoms with Crippen LogP contribution in [0.2, 0.25) is 0 Å². The van der Waals surface area contributed by atoms with Gasteiger partial charge in [-0.1, -0.05) is 0 Å². The molecule has 0 bridgehead atoms. The first-order valence-electron chi connectivity index (χ1n) is 5.32. The number of rotatable bonds is 2. The molecule has 1 saturated heterocycles.